The van der Waals surface area contributed by atoms with E-state index in [1.807, 2.05) is 0 Å². The average molecular weight is 388 g/mol. The number of amides is 1. The molecule has 0 aliphatic carbocycles. The first-order valence-electron chi connectivity index (χ1n) is 9.40. The lowest BCUT2D eigenvalue weighted by Gasteiger charge is -2.22. The Balaban J connectivity index is 1.62. The third-order valence-electron chi connectivity index (χ3n) is 4.79. The first-order valence-corrected chi connectivity index (χ1v) is 9.40. The zero-order chi connectivity index (χ0) is 19.9. The number of rotatable bonds is 6. The molecule has 0 saturated carbocycles. The summed E-state index contributed by atoms with van der Waals surface area (Å²) >= 11 is 0. The Hall–Kier alpha value is -2.58. The highest BCUT2D eigenvalue weighted by Gasteiger charge is 2.22. The maximum Gasteiger partial charge on any atom is 0.274 e. The lowest BCUT2D eigenvalue weighted by molar-refractivity contribution is 0.0751. The van der Waals surface area contributed by atoms with Gasteiger partial charge >= 0.3 is 0 Å². The number of nitrogens with zero attached hydrogens (tertiary/aromatic N) is 4. The minimum atomic E-state index is -0.255. The number of ether oxygens (including phenoxy) is 1. The van der Waals surface area contributed by atoms with Crippen molar-refractivity contribution in [1.29, 1.82) is 0 Å². The zero-order valence-electron chi connectivity index (χ0n) is 16.0. The molecule has 0 bridgehead atoms. The van der Waals surface area contributed by atoms with Gasteiger partial charge in [0.25, 0.3) is 11.5 Å². The molecule has 0 atom stereocenters. The summed E-state index contributed by atoms with van der Waals surface area (Å²) in [7, 11) is 1.55. The fourth-order valence-electron chi connectivity index (χ4n) is 3.24. The second-order valence-electron chi connectivity index (χ2n) is 6.82. The second kappa shape index (κ2) is 9.57. The summed E-state index contributed by atoms with van der Waals surface area (Å²) in [6, 6.07) is 9.36. The summed E-state index contributed by atoms with van der Waals surface area (Å²) in [6.45, 7) is 4.20. The summed E-state index contributed by atoms with van der Waals surface area (Å²) in [5.74, 6) is -0.412. The van der Waals surface area contributed by atoms with Crippen LogP contribution in [0.2, 0.25) is 0 Å². The van der Waals surface area contributed by atoms with E-state index in [2.05, 4.69) is 10.00 Å². The molecule has 1 aromatic heterocycles. The monoisotopic (exact) mass is 388 g/mol. The van der Waals surface area contributed by atoms with Crippen LogP contribution in [0.5, 0.6) is 0 Å². The maximum atomic E-state index is 13.1. The van der Waals surface area contributed by atoms with Crippen molar-refractivity contribution in [3.63, 3.8) is 0 Å². The van der Waals surface area contributed by atoms with Crippen molar-refractivity contribution in [3.8, 4) is 0 Å². The molecule has 7 nitrogen and oxygen atoms in total. The molecule has 1 aliphatic heterocycles. The number of aromatic nitrogens is 2. The van der Waals surface area contributed by atoms with Gasteiger partial charge in [-0.2, -0.15) is 5.10 Å². The highest BCUT2D eigenvalue weighted by Crippen LogP contribution is 2.11. The van der Waals surface area contributed by atoms with E-state index in [0.717, 1.165) is 31.6 Å². The molecule has 2 aromatic rings. The van der Waals surface area contributed by atoms with E-state index in [0.29, 0.717) is 26.2 Å². The van der Waals surface area contributed by atoms with Crippen LogP contribution in [-0.2, 0) is 17.8 Å². The quantitative estimate of drug-likeness (QED) is 0.748. The van der Waals surface area contributed by atoms with Gasteiger partial charge in [0.05, 0.1) is 13.2 Å². The van der Waals surface area contributed by atoms with Crippen LogP contribution in [0.1, 0.15) is 22.5 Å². The molecule has 1 aliphatic rings. The van der Waals surface area contributed by atoms with E-state index >= 15 is 0 Å². The van der Waals surface area contributed by atoms with Crippen LogP contribution in [0.25, 0.3) is 0 Å². The molecule has 8 heteroatoms. The van der Waals surface area contributed by atoms with Crippen molar-refractivity contribution in [1.82, 2.24) is 19.6 Å². The Morgan fingerprint density at radius 1 is 1.11 bits per heavy atom. The van der Waals surface area contributed by atoms with Gasteiger partial charge < -0.3 is 9.64 Å². The van der Waals surface area contributed by atoms with Gasteiger partial charge in [0.2, 0.25) is 0 Å². The van der Waals surface area contributed by atoms with Gasteiger partial charge in [-0.3, -0.25) is 14.5 Å². The van der Waals surface area contributed by atoms with Gasteiger partial charge in [-0.15, -0.1) is 0 Å². The number of methoxy groups -OCH3 is 1. The fourth-order valence-corrected chi connectivity index (χ4v) is 3.24. The van der Waals surface area contributed by atoms with Crippen molar-refractivity contribution in [3.05, 3.63) is 63.8 Å². The molecule has 1 amide bonds. The average Bonchev–Trinajstić information content (AvgIpc) is 2.94. The van der Waals surface area contributed by atoms with Crippen molar-refractivity contribution in [2.75, 3.05) is 39.9 Å². The fraction of sp³-hybridized carbons (Fsp3) is 0.450. The predicted octanol–water partition coefficient (Wildman–Crippen LogP) is 1.38. The zero-order valence-corrected chi connectivity index (χ0v) is 16.0. The summed E-state index contributed by atoms with van der Waals surface area (Å²) in [5, 5.41) is 4.19. The lowest BCUT2D eigenvalue weighted by atomic mass is 10.2. The standard InChI is InChI=1S/C20H25FN4O3/c1-28-14-13-25-19(26)8-7-18(22-25)20(27)24-10-2-9-23(11-12-24)15-16-3-5-17(21)6-4-16/h3-8H,2,9-15H2,1H3. The maximum absolute atomic E-state index is 13.1. The van der Waals surface area contributed by atoms with E-state index in [4.69, 9.17) is 4.74 Å². The van der Waals surface area contributed by atoms with Gasteiger partial charge in [0.15, 0.2) is 0 Å². The van der Waals surface area contributed by atoms with Crippen LogP contribution in [0.4, 0.5) is 4.39 Å². The smallest absolute Gasteiger partial charge is 0.274 e. The molecular weight excluding hydrogens is 363 g/mol. The van der Waals surface area contributed by atoms with E-state index in [9.17, 15) is 14.0 Å². The highest BCUT2D eigenvalue weighted by atomic mass is 19.1. The molecule has 28 heavy (non-hydrogen) atoms. The number of carbonyl (C=O) groups excluding carboxylic acids is 1. The minimum absolute atomic E-state index is 0.171. The Labute approximate surface area is 163 Å². The summed E-state index contributed by atoms with van der Waals surface area (Å²) < 4.78 is 19.3. The van der Waals surface area contributed by atoms with E-state index in [1.54, 1.807) is 24.1 Å². The van der Waals surface area contributed by atoms with Crippen LogP contribution in [0.15, 0.2) is 41.2 Å². The molecule has 0 radical (unpaired) electrons. The van der Waals surface area contributed by atoms with Crippen molar-refractivity contribution in [2.45, 2.75) is 19.5 Å². The van der Waals surface area contributed by atoms with Gasteiger partial charge in [0.1, 0.15) is 11.5 Å². The van der Waals surface area contributed by atoms with Gasteiger partial charge in [-0.05, 0) is 30.2 Å². The predicted molar refractivity (Wildman–Crippen MR) is 103 cm³/mol. The molecule has 0 unspecified atom stereocenters. The minimum Gasteiger partial charge on any atom is -0.383 e. The topological polar surface area (TPSA) is 67.7 Å². The summed E-state index contributed by atoms with van der Waals surface area (Å²) in [6.07, 6.45) is 0.844. The molecule has 0 spiro atoms. The normalized spacial score (nSPS) is 15.4. The Morgan fingerprint density at radius 3 is 2.64 bits per heavy atom. The molecule has 1 aromatic carbocycles. The molecule has 1 fully saturated rings. The van der Waals surface area contributed by atoms with Gasteiger partial charge in [0, 0.05) is 45.9 Å². The van der Waals surface area contributed by atoms with E-state index in [1.165, 1.54) is 28.9 Å². The first kappa shape index (κ1) is 20.2. The summed E-state index contributed by atoms with van der Waals surface area (Å²) in [5.41, 5.74) is 1.06. The van der Waals surface area contributed by atoms with E-state index in [-0.39, 0.29) is 23.0 Å². The molecule has 2 heterocycles. The third-order valence-corrected chi connectivity index (χ3v) is 4.79. The first-order chi connectivity index (χ1) is 13.6. The highest BCUT2D eigenvalue weighted by molar-refractivity contribution is 5.92. The Kier molecular flexibility index (Phi) is 6.89. The van der Waals surface area contributed by atoms with Crippen molar-refractivity contribution < 1.29 is 13.9 Å². The molecule has 3 rings (SSSR count). The molecule has 150 valence electrons. The lowest BCUT2D eigenvalue weighted by Crippen LogP contribution is -2.37. The number of halogens is 1. The molecule has 1 saturated heterocycles. The van der Waals surface area contributed by atoms with Gasteiger partial charge in [-0.25, -0.2) is 9.07 Å². The third kappa shape index (κ3) is 5.24. The van der Waals surface area contributed by atoms with Crippen molar-refractivity contribution >= 4 is 5.91 Å². The Bertz CT molecular complexity index is 853. The number of benzene rings is 1. The summed E-state index contributed by atoms with van der Waals surface area (Å²) in [4.78, 5) is 28.7. The van der Waals surface area contributed by atoms with Crippen LogP contribution in [0, 0.1) is 5.82 Å². The number of carbonyl (C=O) groups is 1. The van der Waals surface area contributed by atoms with E-state index < -0.39 is 0 Å². The number of hydrogen-bond acceptors (Lipinski definition) is 5. The van der Waals surface area contributed by atoms with Crippen molar-refractivity contribution in [2.24, 2.45) is 0 Å². The SMILES string of the molecule is COCCn1nc(C(=O)N2CCCN(Cc3ccc(F)cc3)CC2)ccc1=O. The van der Waals surface area contributed by atoms with Crippen LogP contribution in [0.3, 0.4) is 0 Å². The van der Waals surface area contributed by atoms with Crippen LogP contribution in [-0.4, -0.2) is 65.4 Å². The molecular formula is C20H25FN4O3. The largest absolute Gasteiger partial charge is 0.383 e. The van der Waals surface area contributed by atoms with Crippen LogP contribution < -0.4 is 5.56 Å². The second-order valence-corrected chi connectivity index (χ2v) is 6.82. The van der Waals surface area contributed by atoms with Crippen LogP contribution >= 0.6 is 0 Å². The Morgan fingerprint density at radius 2 is 1.89 bits per heavy atom. The molecule has 0 N–H and O–H groups in total. The number of hydrogen-bond donors (Lipinski definition) is 0. The van der Waals surface area contributed by atoms with Gasteiger partial charge in [-0.1, -0.05) is 12.1 Å².